The molecule has 1 aliphatic heterocycles. The third kappa shape index (κ3) is 2.85. The number of aryl methyl sites for hydroxylation is 1. The molecule has 0 bridgehead atoms. The van der Waals surface area contributed by atoms with Crippen LogP contribution < -0.4 is 5.73 Å². The number of carbonyl (C=O) groups excluding carboxylic acids is 1. The van der Waals surface area contributed by atoms with Gasteiger partial charge in [0.25, 0.3) is 0 Å². The molecule has 4 heteroatoms. The van der Waals surface area contributed by atoms with Crippen LogP contribution in [-0.4, -0.2) is 29.9 Å². The van der Waals surface area contributed by atoms with Crippen molar-refractivity contribution in [2.45, 2.75) is 31.7 Å². The van der Waals surface area contributed by atoms with Gasteiger partial charge in [-0.25, -0.2) is 0 Å². The van der Waals surface area contributed by atoms with Gasteiger partial charge in [0.05, 0.1) is 6.26 Å². The van der Waals surface area contributed by atoms with Crippen molar-refractivity contribution < 1.29 is 9.21 Å². The second-order valence-electron chi connectivity index (χ2n) is 4.32. The summed E-state index contributed by atoms with van der Waals surface area (Å²) in [5.41, 5.74) is 5.84. The number of rotatable bonds is 3. The lowest BCUT2D eigenvalue weighted by Gasteiger charge is -2.30. The van der Waals surface area contributed by atoms with Crippen molar-refractivity contribution in [2.75, 3.05) is 13.1 Å². The maximum absolute atomic E-state index is 11.9. The minimum absolute atomic E-state index is 0.154. The first-order valence-corrected chi connectivity index (χ1v) is 5.81. The lowest BCUT2D eigenvalue weighted by molar-refractivity contribution is -0.132. The van der Waals surface area contributed by atoms with Crippen molar-refractivity contribution in [3.63, 3.8) is 0 Å². The Kier molecular flexibility index (Phi) is 3.62. The first-order chi connectivity index (χ1) is 7.75. The highest BCUT2D eigenvalue weighted by Crippen LogP contribution is 2.11. The van der Waals surface area contributed by atoms with Crippen molar-refractivity contribution in [3.05, 3.63) is 24.2 Å². The van der Waals surface area contributed by atoms with Crippen LogP contribution in [0.4, 0.5) is 0 Å². The molecule has 2 rings (SSSR count). The fourth-order valence-electron chi connectivity index (χ4n) is 2.08. The van der Waals surface area contributed by atoms with Crippen molar-refractivity contribution in [2.24, 2.45) is 5.73 Å². The summed E-state index contributed by atoms with van der Waals surface area (Å²) < 4.78 is 5.20. The van der Waals surface area contributed by atoms with E-state index in [0.29, 0.717) is 19.4 Å². The smallest absolute Gasteiger partial charge is 0.223 e. The lowest BCUT2D eigenvalue weighted by atomic mass is 10.1. The summed E-state index contributed by atoms with van der Waals surface area (Å²) in [5.74, 6) is 1.06. The van der Waals surface area contributed by atoms with E-state index in [1.54, 1.807) is 6.26 Å². The Bertz CT molecular complexity index is 335. The molecular formula is C12H18N2O2. The highest BCUT2D eigenvalue weighted by Gasteiger charge is 2.20. The van der Waals surface area contributed by atoms with Gasteiger partial charge in [0.2, 0.25) is 5.91 Å². The maximum Gasteiger partial charge on any atom is 0.223 e. The molecule has 1 amide bonds. The summed E-state index contributed by atoms with van der Waals surface area (Å²) >= 11 is 0. The standard InChI is InChI=1S/C12H18N2O2/c13-10-3-1-7-14(9-10)12(15)6-5-11-4-2-8-16-11/h2,4,8,10H,1,3,5-7,9,13H2/t10-/m1/s1. The van der Waals surface area contributed by atoms with E-state index < -0.39 is 0 Å². The molecule has 16 heavy (non-hydrogen) atoms. The molecule has 1 saturated heterocycles. The third-order valence-corrected chi connectivity index (χ3v) is 2.98. The van der Waals surface area contributed by atoms with Gasteiger partial charge in [0, 0.05) is 32.0 Å². The van der Waals surface area contributed by atoms with E-state index in [1.807, 2.05) is 17.0 Å². The normalized spacial score (nSPS) is 21.1. The highest BCUT2D eigenvalue weighted by atomic mass is 16.3. The molecule has 0 aromatic carbocycles. The van der Waals surface area contributed by atoms with Crippen molar-refractivity contribution >= 4 is 5.91 Å². The average Bonchev–Trinajstić information content (AvgIpc) is 2.78. The van der Waals surface area contributed by atoms with Crippen LogP contribution in [0.15, 0.2) is 22.8 Å². The van der Waals surface area contributed by atoms with E-state index in [9.17, 15) is 4.79 Å². The molecule has 88 valence electrons. The second kappa shape index (κ2) is 5.16. The molecule has 4 nitrogen and oxygen atoms in total. The van der Waals surface area contributed by atoms with Crippen LogP contribution in [-0.2, 0) is 11.2 Å². The van der Waals surface area contributed by atoms with Crippen LogP contribution in [0.25, 0.3) is 0 Å². The summed E-state index contributed by atoms with van der Waals surface area (Å²) in [4.78, 5) is 13.7. The SMILES string of the molecule is N[C@@H]1CCCN(C(=O)CCc2ccco2)C1. The predicted molar refractivity (Wildman–Crippen MR) is 60.8 cm³/mol. The van der Waals surface area contributed by atoms with Gasteiger partial charge in [-0.1, -0.05) is 0 Å². The summed E-state index contributed by atoms with van der Waals surface area (Å²) in [6, 6.07) is 3.90. The zero-order valence-electron chi connectivity index (χ0n) is 9.39. The number of amides is 1. The van der Waals surface area contributed by atoms with Crippen LogP contribution in [0.5, 0.6) is 0 Å². The summed E-state index contributed by atoms with van der Waals surface area (Å²) in [5, 5.41) is 0. The number of likely N-dealkylation sites (tertiary alicyclic amines) is 1. The monoisotopic (exact) mass is 222 g/mol. The van der Waals surface area contributed by atoms with E-state index in [2.05, 4.69) is 0 Å². The number of hydrogen-bond donors (Lipinski definition) is 1. The Balaban J connectivity index is 1.79. The fourth-order valence-corrected chi connectivity index (χ4v) is 2.08. The van der Waals surface area contributed by atoms with Gasteiger partial charge in [0.1, 0.15) is 5.76 Å². The lowest BCUT2D eigenvalue weighted by Crippen LogP contribution is -2.45. The number of piperidine rings is 1. The Morgan fingerprint density at radius 1 is 1.62 bits per heavy atom. The van der Waals surface area contributed by atoms with Gasteiger partial charge in [-0.3, -0.25) is 4.79 Å². The zero-order chi connectivity index (χ0) is 11.4. The van der Waals surface area contributed by atoms with Gasteiger partial charge in [-0.2, -0.15) is 0 Å². The molecule has 1 atom stereocenters. The number of nitrogens with two attached hydrogens (primary N) is 1. The van der Waals surface area contributed by atoms with E-state index in [0.717, 1.165) is 25.1 Å². The minimum atomic E-state index is 0.154. The van der Waals surface area contributed by atoms with Crippen molar-refractivity contribution in [1.82, 2.24) is 4.90 Å². The molecule has 0 saturated carbocycles. The van der Waals surface area contributed by atoms with Gasteiger partial charge in [0.15, 0.2) is 0 Å². The predicted octanol–water partition coefficient (Wildman–Crippen LogP) is 1.16. The van der Waals surface area contributed by atoms with Crippen LogP contribution in [0.3, 0.4) is 0 Å². The molecule has 0 unspecified atom stereocenters. The second-order valence-corrected chi connectivity index (χ2v) is 4.32. The molecule has 1 aromatic rings. The van der Waals surface area contributed by atoms with Gasteiger partial charge in [-0.05, 0) is 25.0 Å². The molecular weight excluding hydrogens is 204 g/mol. The molecule has 1 aliphatic rings. The Morgan fingerprint density at radius 3 is 3.19 bits per heavy atom. The van der Waals surface area contributed by atoms with E-state index in [-0.39, 0.29) is 11.9 Å². The third-order valence-electron chi connectivity index (χ3n) is 2.98. The van der Waals surface area contributed by atoms with Crippen LogP contribution in [0.1, 0.15) is 25.0 Å². The molecule has 2 N–H and O–H groups in total. The van der Waals surface area contributed by atoms with Crippen LogP contribution in [0.2, 0.25) is 0 Å². The summed E-state index contributed by atoms with van der Waals surface area (Å²) in [6.07, 6.45) is 4.88. The first kappa shape index (κ1) is 11.2. The van der Waals surface area contributed by atoms with Gasteiger partial charge < -0.3 is 15.1 Å². The number of nitrogens with zero attached hydrogens (tertiary/aromatic N) is 1. The highest BCUT2D eigenvalue weighted by molar-refractivity contribution is 5.76. The van der Waals surface area contributed by atoms with Gasteiger partial charge >= 0.3 is 0 Å². The van der Waals surface area contributed by atoms with Crippen LogP contribution >= 0.6 is 0 Å². The minimum Gasteiger partial charge on any atom is -0.469 e. The largest absolute Gasteiger partial charge is 0.469 e. The molecule has 2 heterocycles. The summed E-state index contributed by atoms with van der Waals surface area (Å²) in [7, 11) is 0. The van der Waals surface area contributed by atoms with E-state index in [1.165, 1.54) is 0 Å². The number of carbonyl (C=O) groups is 1. The average molecular weight is 222 g/mol. The van der Waals surface area contributed by atoms with Gasteiger partial charge in [-0.15, -0.1) is 0 Å². The number of hydrogen-bond acceptors (Lipinski definition) is 3. The zero-order valence-corrected chi connectivity index (χ0v) is 9.39. The summed E-state index contributed by atoms with van der Waals surface area (Å²) in [6.45, 7) is 1.56. The Morgan fingerprint density at radius 2 is 2.50 bits per heavy atom. The topological polar surface area (TPSA) is 59.5 Å². The Hall–Kier alpha value is -1.29. The van der Waals surface area contributed by atoms with E-state index in [4.69, 9.17) is 10.2 Å². The maximum atomic E-state index is 11.9. The number of furan rings is 1. The van der Waals surface area contributed by atoms with Crippen LogP contribution in [0, 0.1) is 0 Å². The van der Waals surface area contributed by atoms with Crippen molar-refractivity contribution in [3.8, 4) is 0 Å². The molecule has 1 aromatic heterocycles. The quantitative estimate of drug-likeness (QED) is 0.835. The Labute approximate surface area is 95.4 Å². The molecule has 0 spiro atoms. The molecule has 1 fully saturated rings. The molecule has 0 aliphatic carbocycles. The van der Waals surface area contributed by atoms with Crippen molar-refractivity contribution in [1.29, 1.82) is 0 Å². The molecule has 0 radical (unpaired) electrons. The first-order valence-electron chi connectivity index (χ1n) is 5.81. The van der Waals surface area contributed by atoms with E-state index >= 15 is 0 Å². The fraction of sp³-hybridized carbons (Fsp3) is 0.583.